The second-order valence-electron chi connectivity index (χ2n) is 7.49. The lowest BCUT2D eigenvalue weighted by Crippen LogP contribution is -2.46. The van der Waals surface area contributed by atoms with Crippen molar-refractivity contribution in [3.8, 4) is 12.3 Å². The third kappa shape index (κ3) is 5.07. The summed E-state index contributed by atoms with van der Waals surface area (Å²) in [5, 5.41) is 10.7. The van der Waals surface area contributed by atoms with Gasteiger partial charge in [-0.3, -0.25) is 0 Å². The molecule has 0 unspecified atom stereocenters. The minimum atomic E-state index is -1.99. The Bertz CT molecular complexity index is 537. The highest BCUT2D eigenvalue weighted by Gasteiger charge is 2.41. The Kier molecular flexibility index (Phi) is 6.82. The number of hydrogen-bond donors (Lipinski definition) is 1. The summed E-state index contributed by atoms with van der Waals surface area (Å²) in [7, 11) is -1.99. The molecule has 0 fully saturated rings. The van der Waals surface area contributed by atoms with Gasteiger partial charge in [0.1, 0.15) is 0 Å². The molecule has 0 heterocycles. The molecule has 23 heavy (non-hydrogen) atoms. The van der Waals surface area contributed by atoms with E-state index in [4.69, 9.17) is 10.8 Å². The molecule has 0 saturated carbocycles. The van der Waals surface area contributed by atoms with Gasteiger partial charge in [0.05, 0.1) is 12.2 Å². The fraction of sp³-hybridized carbons (Fsp3) is 0.500. The summed E-state index contributed by atoms with van der Waals surface area (Å²) >= 11 is 0. The van der Waals surface area contributed by atoms with Crippen molar-refractivity contribution in [1.82, 2.24) is 0 Å². The van der Waals surface area contributed by atoms with Gasteiger partial charge in [-0.25, -0.2) is 0 Å². The summed E-state index contributed by atoms with van der Waals surface area (Å²) in [4.78, 5) is 0. The number of benzene rings is 1. The van der Waals surface area contributed by atoms with Gasteiger partial charge in [-0.05, 0) is 23.7 Å². The average Bonchev–Trinajstić information content (AvgIpc) is 2.46. The topological polar surface area (TPSA) is 29.5 Å². The highest BCUT2D eigenvalue weighted by atomic mass is 28.4. The maximum atomic E-state index is 10.6. The van der Waals surface area contributed by atoms with Crippen molar-refractivity contribution >= 4 is 8.32 Å². The lowest BCUT2D eigenvalue weighted by atomic mass is 9.87. The Hall–Kier alpha value is -1.34. The lowest BCUT2D eigenvalue weighted by Gasteiger charge is -2.41. The third-order valence-electron chi connectivity index (χ3n) is 4.75. The van der Waals surface area contributed by atoms with Crippen LogP contribution >= 0.6 is 0 Å². The molecule has 3 atom stereocenters. The summed E-state index contributed by atoms with van der Waals surface area (Å²) in [5.41, 5.74) is 1.03. The van der Waals surface area contributed by atoms with E-state index in [0.717, 1.165) is 5.56 Å². The highest BCUT2D eigenvalue weighted by molar-refractivity contribution is 6.74. The van der Waals surface area contributed by atoms with Crippen LogP contribution in [-0.4, -0.2) is 25.6 Å². The summed E-state index contributed by atoms with van der Waals surface area (Å²) in [5.74, 6) is 2.35. The standard InChI is InChI=1S/C20H30O2Si/c1-8-13-17(21)19(16-14-11-10-12-15-16)18(9-2)22-23(6,7)20(3,4)5/h1,9-12,14-15,17-19,21H,2,13H2,3-7H3/t17-,18-,19+/m1/s1. The molecule has 0 spiro atoms. The van der Waals surface area contributed by atoms with Crippen molar-refractivity contribution in [2.24, 2.45) is 0 Å². The van der Waals surface area contributed by atoms with E-state index >= 15 is 0 Å². The first-order valence-corrected chi connectivity index (χ1v) is 11.0. The van der Waals surface area contributed by atoms with Crippen LogP contribution in [0.15, 0.2) is 43.0 Å². The molecule has 0 radical (unpaired) electrons. The summed E-state index contributed by atoms with van der Waals surface area (Å²) < 4.78 is 6.53. The largest absolute Gasteiger partial charge is 0.410 e. The number of aliphatic hydroxyl groups is 1. The van der Waals surface area contributed by atoms with Gasteiger partial charge in [0.25, 0.3) is 0 Å². The quantitative estimate of drug-likeness (QED) is 0.445. The van der Waals surface area contributed by atoms with Crippen molar-refractivity contribution in [3.05, 3.63) is 48.6 Å². The van der Waals surface area contributed by atoms with Crippen LogP contribution in [0, 0.1) is 12.3 Å². The van der Waals surface area contributed by atoms with Crippen LogP contribution in [0.25, 0.3) is 0 Å². The molecule has 0 amide bonds. The molecule has 3 heteroatoms. The van der Waals surface area contributed by atoms with Gasteiger partial charge in [0.15, 0.2) is 8.32 Å². The van der Waals surface area contributed by atoms with Crippen molar-refractivity contribution in [1.29, 1.82) is 0 Å². The van der Waals surface area contributed by atoms with Crippen LogP contribution in [0.1, 0.15) is 38.7 Å². The maximum Gasteiger partial charge on any atom is 0.192 e. The normalized spacial score (nSPS) is 16.2. The number of terminal acetylenes is 1. The first-order chi connectivity index (χ1) is 10.6. The molecule has 0 saturated heterocycles. The molecule has 1 N–H and O–H groups in total. The maximum absolute atomic E-state index is 10.6. The molecule has 0 aliphatic carbocycles. The van der Waals surface area contributed by atoms with E-state index in [9.17, 15) is 5.11 Å². The van der Waals surface area contributed by atoms with E-state index in [0.29, 0.717) is 6.42 Å². The van der Waals surface area contributed by atoms with Gasteiger partial charge in [0.2, 0.25) is 0 Å². The predicted molar refractivity (Wildman–Crippen MR) is 101 cm³/mol. The smallest absolute Gasteiger partial charge is 0.192 e. The van der Waals surface area contributed by atoms with Crippen molar-refractivity contribution in [2.75, 3.05) is 0 Å². The second-order valence-corrected chi connectivity index (χ2v) is 12.2. The fourth-order valence-corrected chi connectivity index (χ4v) is 3.62. The Balaban J connectivity index is 3.18. The molecule has 1 aromatic carbocycles. The molecule has 0 aliphatic rings. The summed E-state index contributed by atoms with van der Waals surface area (Å²) in [6.45, 7) is 15.0. The molecule has 1 rings (SSSR count). The molecule has 0 aromatic heterocycles. The zero-order valence-electron chi connectivity index (χ0n) is 15.0. The van der Waals surface area contributed by atoms with E-state index < -0.39 is 14.4 Å². The molecular weight excluding hydrogens is 300 g/mol. The Labute approximate surface area is 142 Å². The van der Waals surface area contributed by atoms with Crippen LogP contribution in [0.4, 0.5) is 0 Å². The third-order valence-corrected chi connectivity index (χ3v) is 9.22. The fourth-order valence-electron chi connectivity index (χ4n) is 2.34. The zero-order chi connectivity index (χ0) is 17.7. The first kappa shape index (κ1) is 19.7. The Morgan fingerprint density at radius 1 is 1.30 bits per heavy atom. The average molecular weight is 331 g/mol. The van der Waals surface area contributed by atoms with Crippen LogP contribution in [0.5, 0.6) is 0 Å². The molecule has 0 bridgehead atoms. The molecule has 126 valence electrons. The molecular formula is C20H30O2Si. The van der Waals surface area contributed by atoms with Gasteiger partial charge in [-0.1, -0.05) is 57.2 Å². The van der Waals surface area contributed by atoms with Gasteiger partial charge in [-0.15, -0.1) is 18.9 Å². The van der Waals surface area contributed by atoms with Crippen molar-refractivity contribution < 1.29 is 9.53 Å². The summed E-state index contributed by atoms with van der Waals surface area (Å²) in [6, 6.07) is 9.92. The van der Waals surface area contributed by atoms with Gasteiger partial charge in [-0.2, -0.15) is 0 Å². The number of hydrogen-bond acceptors (Lipinski definition) is 2. The SMILES string of the molecule is C#CC[C@@H](O)[C@H](c1ccccc1)[C@@H](C=C)O[Si](C)(C)C(C)(C)C. The second kappa shape index (κ2) is 7.96. The van der Waals surface area contributed by atoms with E-state index in [1.165, 1.54) is 0 Å². The minimum absolute atomic E-state index is 0.0898. The molecule has 0 aliphatic heterocycles. The van der Waals surface area contributed by atoms with Gasteiger partial charge < -0.3 is 9.53 Å². The Morgan fingerprint density at radius 2 is 1.87 bits per heavy atom. The predicted octanol–water partition coefficient (Wildman–Crippen LogP) is 4.73. The molecule has 1 aromatic rings. The highest BCUT2D eigenvalue weighted by Crippen LogP contribution is 2.40. The first-order valence-electron chi connectivity index (χ1n) is 8.11. The Morgan fingerprint density at radius 3 is 2.30 bits per heavy atom. The van der Waals surface area contributed by atoms with Crippen LogP contribution in [-0.2, 0) is 4.43 Å². The van der Waals surface area contributed by atoms with E-state index in [1.807, 2.05) is 30.3 Å². The van der Waals surface area contributed by atoms with E-state index in [2.05, 4.69) is 46.4 Å². The van der Waals surface area contributed by atoms with Crippen LogP contribution in [0.2, 0.25) is 18.1 Å². The lowest BCUT2D eigenvalue weighted by molar-refractivity contribution is 0.0837. The monoisotopic (exact) mass is 330 g/mol. The van der Waals surface area contributed by atoms with Gasteiger partial charge in [0, 0.05) is 12.3 Å². The van der Waals surface area contributed by atoms with Crippen molar-refractivity contribution in [2.45, 2.75) is 63.5 Å². The van der Waals surface area contributed by atoms with E-state index in [-0.39, 0.29) is 17.1 Å². The minimum Gasteiger partial charge on any atom is -0.410 e. The summed E-state index contributed by atoms with van der Waals surface area (Å²) in [6.07, 6.45) is 6.60. The zero-order valence-corrected chi connectivity index (χ0v) is 16.0. The number of rotatable bonds is 7. The molecule has 2 nitrogen and oxygen atoms in total. The van der Waals surface area contributed by atoms with E-state index in [1.54, 1.807) is 6.08 Å². The number of aliphatic hydroxyl groups excluding tert-OH is 1. The van der Waals surface area contributed by atoms with Gasteiger partial charge >= 0.3 is 0 Å². The van der Waals surface area contributed by atoms with Crippen LogP contribution in [0.3, 0.4) is 0 Å². The van der Waals surface area contributed by atoms with Crippen LogP contribution < -0.4 is 0 Å². The van der Waals surface area contributed by atoms with Crippen molar-refractivity contribution in [3.63, 3.8) is 0 Å².